The minimum atomic E-state index is 0.498. The third kappa shape index (κ3) is 3.05. The lowest BCUT2D eigenvalue weighted by Crippen LogP contribution is -2.23. The quantitative estimate of drug-likeness (QED) is 0.783. The molecule has 2 aromatic rings. The molecular formula is C15H15BrClNS. The summed E-state index contributed by atoms with van der Waals surface area (Å²) in [5, 5.41) is 6.65. The summed E-state index contributed by atoms with van der Waals surface area (Å²) in [6.07, 6.45) is 3.76. The molecule has 100 valence electrons. The Hall–Kier alpha value is -0.350. The van der Waals surface area contributed by atoms with Crippen LogP contribution in [0.5, 0.6) is 0 Å². The summed E-state index contributed by atoms with van der Waals surface area (Å²) in [5.41, 5.74) is 2.73. The van der Waals surface area contributed by atoms with Crippen LogP contribution in [0.1, 0.15) is 34.9 Å². The number of aryl methyl sites for hydroxylation is 1. The summed E-state index contributed by atoms with van der Waals surface area (Å²) >= 11 is 11.4. The molecule has 0 radical (unpaired) electrons. The normalized spacial score (nSPS) is 18.3. The summed E-state index contributed by atoms with van der Waals surface area (Å²) in [4.78, 5) is 1.55. The van der Waals surface area contributed by atoms with E-state index < -0.39 is 0 Å². The predicted molar refractivity (Wildman–Crippen MR) is 86.0 cm³/mol. The average Bonchev–Trinajstić information content (AvgIpc) is 2.89. The maximum absolute atomic E-state index is 6.13. The van der Waals surface area contributed by atoms with Crippen molar-refractivity contribution in [1.29, 1.82) is 0 Å². The lowest BCUT2D eigenvalue weighted by atomic mass is 9.94. The number of hydrogen-bond acceptors (Lipinski definition) is 2. The van der Waals surface area contributed by atoms with Crippen LogP contribution in [0.4, 0.5) is 0 Å². The van der Waals surface area contributed by atoms with Crippen LogP contribution >= 0.6 is 38.9 Å². The van der Waals surface area contributed by atoms with Gasteiger partial charge in [0.15, 0.2) is 0 Å². The Balaban J connectivity index is 1.69. The van der Waals surface area contributed by atoms with E-state index in [0.717, 1.165) is 16.0 Å². The van der Waals surface area contributed by atoms with Crippen LogP contribution in [0.15, 0.2) is 34.1 Å². The zero-order valence-electron chi connectivity index (χ0n) is 10.5. The van der Waals surface area contributed by atoms with Crippen molar-refractivity contribution in [3.63, 3.8) is 0 Å². The Morgan fingerprint density at radius 3 is 3.11 bits per heavy atom. The van der Waals surface area contributed by atoms with Gasteiger partial charge in [-0.1, -0.05) is 17.7 Å². The van der Waals surface area contributed by atoms with Crippen molar-refractivity contribution >= 4 is 38.9 Å². The van der Waals surface area contributed by atoms with E-state index in [-0.39, 0.29) is 0 Å². The van der Waals surface area contributed by atoms with Gasteiger partial charge in [-0.05, 0) is 69.9 Å². The SMILES string of the molecule is Clc1cc(CNC2CCCc3sccc32)ccc1Br. The maximum atomic E-state index is 6.13. The fraction of sp³-hybridized carbons (Fsp3) is 0.333. The van der Waals surface area contributed by atoms with Gasteiger partial charge in [-0.3, -0.25) is 0 Å². The first-order chi connectivity index (χ1) is 9.24. The molecular weight excluding hydrogens is 342 g/mol. The minimum absolute atomic E-state index is 0.498. The zero-order chi connectivity index (χ0) is 13.2. The van der Waals surface area contributed by atoms with Crippen LogP contribution < -0.4 is 5.32 Å². The summed E-state index contributed by atoms with van der Waals surface area (Å²) in [6, 6.07) is 8.91. The van der Waals surface area contributed by atoms with Crippen molar-refractivity contribution in [1.82, 2.24) is 5.32 Å². The highest BCUT2D eigenvalue weighted by molar-refractivity contribution is 9.10. The molecule has 1 heterocycles. The fourth-order valence-corrected chi connectivity index (χ4v) is 4.03. The van der Waals surface area contributed by atoms with Crippen molar-refractivity contribution < 1.29 is 0 Å². The van der Waals surface area contributed by atoms with E-state index in [1.807, 2.05) is 23.5 Å². The summed E-state index contributed by atoms with van der Waals surface area (Å²) in [6.45, 7) is 0.868. The van der Waals surface area contributed by atoms with Gasteiger partial charge in [0.2, 0.25) is 0 Å². The van der Waals surface area contributed by atoms with Gasteiger partial charge in [0.1, 0.15) is 0 Å². The smallest absolute Gasteiger partial charge is 0.0551 e. The molecule has 1 unspecified atom stereocenters. The van der Waals surface area contributed by atoms with Gasteiger partial charge in [0.05, 0.1) is 5.02 Å². The van der Waals surface area contributed by atoms with Crippen molar-refractivity contribution in [2.75, 3.05) is 0 Å². The van der Waals surface area contributed by atoms with E-state index in [2.05, 4.69) is 38.8 Å². The van der Waals surface area contributed by atoms with E-state index in [9.17, 15) is 0 Å². The van der Waals surface area contributed by atoms with Gasteiger partial charge >= 0.3 is 0 Å². The molecule has 0 aliphatic heterocycles. The molecule has 19 heavy (non-hydrogen) atoms. The van der Waals surface area contributed by atoms with Gasteiger partial charge in [-0.2, -0.15) is 0 Å². The first kappa shape index (κ1) is 13.6. The van der Waals surface area contributed by atoms with Gasteiger partial charge in [0.25, 0.3) is 0 Å². The number of hydrogen-bond donors (Lipinski definition) is 1. The van der Waals surface area contributed by atoms with Gasteiger partial charge in [-0.25, -0.2) is 0 Å². The third-order valence-electron chi connectivity index (χ3n) is 3.59. The molecule has 3 rings (SSSR count). The molecule has 0 saturated carbocycles. The topological polar surface area (TPSA) is 12.0 Å². The second-order valence-corrected chi connectivity index (χ2v) is 7.14. The van der Waals surface area contributed by atoms with Crippen LogP contribution in [0.25, 0.3) is 0 Å². The lowest BCUT2D eigenvalue weighted by Gasteiger charge is -2.24. The lowest BCUT2D eigenvalue weighted by molar-refractivity contribution is 0.463. The first-order valence-corrected chi connectivity index (χ1v) is 8.52. The monoisotopic (exact) mass is 355 g/mol. The number of thiophene rings is 1. The Labute approximate surface area is 131 Å². The Morgan fingerprint density at radius 1 is 1.37 bits per heavy atom. The van der Waals surface area contributed by atoms with E-state index in [1.165, 1.54) is 30.4 Å². The van der Waals surface area contributed by atoms with Gasteiger partial charge < -0.3 is 5.32 Å². The molecule has 4 heteroatoms. The second kappa shape index (κ2) is 5.96. The zero-order valence-corrected chi connectivity index (χ0v) is 13.6. The van der Waals surface area contributed by atoms with Crippen molar-refractivity contribution in [3.8, 4) is 0 Å². The first-order valence-electron chi connectivity index (χ1n) is 6.47. The number of fused-ring (bicyclic) bond motifs is 1. The highest BCUT2D eigenvalue weighted by Gasteiger charge is 2.20. The Kier molecular flexibility index (Phi) is 4.27. The van der Waals surface area contributed by atoms with Crippen LogP contribution in [0, 0.1) is 0 Å². The molecule has 1 aliphatic rings. The van der Waals surface area contributed by atoms with E-state index >= 15 is 0 Å². The predicted octanol–water partition coefficient (Wildman–Crippen LogP) is 5.33. The Morgan fingerprint density at radius 2 is 2.26 bits per heavy atom. The van der Waals surface area contributed by atoms with Crippen LogP contribution in [0.3, 0.4) is 0 Å². The molecule has 1 aromatic heterocycles. The van der Waals surface area contributed by atoms with E-state index in [0.29, 0.717) is 6.04 Å². The van der Waals surface area contributed by atoms with Gasteiger partial charge in [0, 0.05) is 21.9 Å². The molecule has 1 nitrogen and oxygen atoms in total. The largest absolute Gasteiger partial charge is 0.306 e. The molecule has 1 aromatic carbocycles. The van der Waals surface area contributed by atoms with E-state index in [4.69, 9.17) is 11.6 Å². The van der Waals surface area contributed by atoms with Crippen molar-refractivity contribution in [2.24, 2.45) is 0 Å². The van der Waals surface area contributed by atoms with E-state index in [1.54, 1.807) is 4.88 Å². The summed E-state index contributed by atoms with van der Waals surface area (Å²) in [5.74, 6) is 0. The van der Waals surface area contributed by atoms with Gasteiger partial charge in [-0.15, -0.1) is 11.3 Å². The average molecular weight is 357 g/mol. The maximum Gasteiger partial charge on any atom is 0.0551 e. The summed E-state index contributed by atoms with van der Waals surface area (Å²) in [7, 11) is 0. The molecule has 1 atom stereocenters. The molecule has 0 amide bonds. The summed E-state index contributed by atoms with van der Waals surface area (Å²) < 4.78 is 0.954. The van der Waals surface area contributed by atoms with Crippen LogP contribution in [-0.4, -0.2) is 0 Å². The Bertz CT molecular complexity index is 581. The minimum Gasteiger partial charge on any atom is -0.306 e. The highest BCUT2D eigenvalue weighted by Crippen LogP contribution is 2.33. The van der Waals surface area contributed by atoms with Crippen LogP contribution in [0.2, 0.25) is 5.02 Å². The van der Waals surface area contributed by atoms with Crippen molar-refractivity contribution in [3.05, 3.63) is 55.1 Å². The molecule has 1 N–H and O–H groups in total. The standard InChI is InChI=1S/C15H15BrClNS/c16-12-5-4-10(8-13(12)17)9-18-14-2-1-3-15-11(14)6-7-19-15/h4-8,14,18H,1-3,9H2. The number of rotatable bonds is 3. The number of nitrogens with one attached hydrogen (secondary N) is 1. The molecule has 0 saturated heterocycles. The second-order valence-electron chi connectivity index (χ2n) is 4.87. The number of benzene rings is 1. The highest BCUT2D eigenvalue weighted by atomic mass is 79.9. The number of halogens is 2. The molecule has 0 spiro atoms. The van der Waals surface area contributed by atoms with Crippen LogP contribution in [-0.2, 0) is 13.0 Å². The van der Waals surface area contributed by atoms with Crippen molar-refractivity contribution in [2.45, 2.75) is 31.8 Å². The molecule has 1 aliphatic carbocycles. The fourth-order valence-electron chi connectivity index (χ4n) is 2.59. The molecule has 0 fully saturated rings. The molecule has 0 bridgehead atoms. The third-order valence-corrected chi connectivity index (χ3v) is 5.82.